The zero-order valence-corrected chi connectivity index (χ0v) is 17.3. The van der Waals surface area contributed by atoms with E-state index in [1.165, 1.54) is 17.7 Å². The summed E-state index contributed by atoms with van der Waals surface area (Å²) in [6.45, 7) is 2.27. The molecular weight excluding hydrogens is 410 g/mol. The fourth-order valence-electron chi connectivity index (χ4n) is 2.90. The van der Waals surface area contributed by atoms with Crippen LogP contribution >= 0.6 is 0 Å². The Morgan fingerprint density at radius 1 is 1.23 bits per heavy atom. The highest BCUT2D eigenvalue weighted by molar-refractivity contribution is 7.87. The van der Waals surface area contributed by atoms with Crippen molar-refractivity contribution in [2.75, 3.05) is 7.05 Å². The largest absolute Gasteiger partial charge is 0.329 e. The van der Waals surface area contributed by atoms with Crippen molar-refractivity contribution in [2.45, 2.75) is 26.4 Å². The first-order valence-electron chi connectivity index (χ1n) is 9.18. The predicted molar refractivity (Wildman–Crippen MR) is 111 cm³/mol. The molecule has 0 aliphatic heterocycles. The Hall–Kier alpha value is -3.31. The summed E-state index contributed by atoms with van der Waals surface area (Å²) >= 11 is 0. The van der Waals surface area contributed by atoms with E-state index in [2.05, 4.69) is 9.97 Å². The smallest absolute Gasteiger partial charge is 0.278 e. The number of aromatic amines is 1. The maximum absolute atomic E-state index is 12.5. The van der Waals surface area contributed by atoms with E-state index in [4.69, 9.17) is 0 Å². The highest BCUT2D eigenvalue weighted by atomic mass is 32.2. The Kier molecular flexibility index (Phi) is 6.13. The molecule has 0 bridgehead atoms. The first kappa shape index (κ1) is 21.4. The maximum Gasteiger partial charge on any atom is 0.329 e. The fourth-order valence-corrected chi connectivity index (χ4v) is 3.73. The lowest BCUT2D eigenvalue weighted by Crippen LogP contribution is -2.41. The number of carbonyl (C=O) groups is 1. The van der Waals surface area contributed by atoms with Crippen LogP contribution in [0.15, 0.2) is 52.2 Å². The van der Waals surface area contributed by atoms with Crippen LogP contribution < -0.4 is 16.0 Å². The second-order valence-corrected chi connectivity index (χ2v) is 8.46. The molecule has 11 heteroatoms. The molecule has 2 N–H and O–H groups in total. The van der Waals surface area contributed by atoms with Crippen molar-refractivity contribution >= 4 is 27.1 Å². The van der Waals surface area contributed by atoms with Crippen LogP contribution in [0.3, 0.4) is 0 Å². The van der Waals surface area contributed by atoms with Crippen molar-refractivity contribution in [1.29, 1.82) is 0 Å². The lowest BCUT2D eigenvalue weighted by molar-refractivity contribution is 0.0979. The van der Waals surface area contributed by atoms with Gasteiger partial charge in [-0.2, -0.15) is 12.7 Å². The lowest BCUT2D eigenvalue weighted by atomic mass is 10.2. The van der Waals surface area contributed by atoms with E-state index in [9.17, 15) is 22.8 Å². The monoisotopic (exact) mass is 431 g/mol. The third-order valence-electron chi connectivity index (χ3n) is 4.42. The Labute approximate surface area is 172 Å². The average Bonchev–Trinajstić information content (AvgIpc) is 2.71. The molecule has 0 unspecified atom stereocenters. The molecule has 0 atom stereocenters. The van der Waals surface area contributed by atoms with Gasteiger partial charge in [0.05, 0.1) is 10.9 Å². The fraction of sp³-hybridized carbons (Fsp3) is 0.263. The second-order valence-electron chi connectivity index (χ2n) is 6.68. The normalized spacial score (nSPS) is 11.7. The number of nitrogens with one attached hydrogen (secondary N) is 2. The van der Waals surface area contributed by atoms with Gasteiger partial charge >= 0.3 is 15.9 Å². The van der Waals surface area contributed by atoms with Crippen molar-refractivity contribution in [1.82, 2.24) is 23.6 Å². The summed E-state index contributed by atoms with van der Waals surface area (Å²) in [7, 11) is -2.79. The van der Waals surface area contributed by atoms with Crippen LogP contribution in [0.4, 0.5) is 0 Å². The molecule has 2 aromatic heterocycles. The van der Waals surface area contributed by atoms with Crippen molar-refractivity contribution in [3.63, 3.8) is 0 Å². The third-order valence-corrected chi connectivity index (χ3v) is 5.82. The summed E-state index contributed by atoms with van der Waals surface area (Å²) in [5, 5.41) is 0.0192. The average molecular weight is 431 g/mol. The number of H-pyrrole nitrogens is 1. The highest BCUT2D eigenvalue weighted by Gasteiger charge is 2.22. The second kappa shape index (κ2) is 8.59. The van der Waals surface area contributed by atoms with Crippen molar-refractivity contribution in [2.24, 2.45) is 0 Å². The summed E-state index contributed by atoms with van der Waals surface area (Å²) in [6, 6.07) is 10.1. The number of aromatic nitrogens is 3. The number of hydrogen-bond donors (Lipinski definition) is 2. The molecule has 0 aliphatic rings. The molecule has 1 aromatic carbocycles. The quantitative estimate of drug-likeness (QED) is 0.563. The molecule has 158 valence electrons. The van der Waals surface area contributed by atoms with Gasteiger partial charge in [0, 0.05) is 26.3 Å². The number of aryl methyl sites for hydroxylation is 1. The van der Waals surface area contributed by atoms with E-state index in [0.29, 0.717) is 13.0 Å². The third kappa shape index (κ3) is 4.47. The van der Waals surface area contributed by atoms with Gasteiger partial charge in [0.25, 0.3) is 11.5 Å². The summed E-state index contributed by atoms with van der Waals surface area (Å²) in [4.78, 5) is 42.9. The number of nitrogens with zero attached hydrogens (tertiary/aromatic N) is 3. The van der Waals surface area contributed by atoms with Crippen LogP contribution in [0.5, 0.6) is 0 Å². The standard InChI is InChI=1S/C19H21N5O5S/c1-3-9-24-16-15(18(26)21-19(24)27)10-14(11-20-16)17(25)22-30(28,29)23(2)12-13-7-5-4-6-8-13/h4-8,10-11H,3,9,12H2,1-2H3,(H,22,25)(H,21,26,27). The van der Waals surface area contributed by atoms with E-state index in [1.807, 2.05) is 17.7 Å². The number of benzene rings is 1. The van der Waals surface area contributed by atoms with E-state index in [-0.39, 0.29) is 23.1 Å². The van der Waals surface area contributed by atoms with E-state index >= 15 is 0 Å². The Morgan fingerprint density at radius 3 is 2.60 bits per heavy atom. The van der Waals surface area contributed by atoms with Gasteiger partial charge in [-0.05, 0) is 18.1 Å². The van der Waals surface area contributed by atoms with E-state index in [0.717, 1.165) is 16.1 Å². The van der Waals surface area contributed by atoms with Crippen molar-refractivity contribution in [3.8, 4) is 0 Å². The van der Waals surface area contributed by atoms with Gasteiger partial charge in [-0.15, -0.1) is 0 Å². The van der Waals surface area contributed by atoms with Gasteiger partial charge in [0.2, 0.25) is 0 Å². The number of hydrogen-bond acceptors (Lipinski definition) is 6. The molecule has 10 nitrogen and oxygen atoms in total. The Morgan fingerprint density at radius 2 is 1.93 bits per heavy atom. The maximum atomic E-state index is 12.5. The first-order valence-corrected chi connectivity index (χ1v) is 10.6. The summed E-state index contributed by atoms with van der Waals surface area (Å²) < 4.78 is 29.2. The van der Waals surface area contributed by atoms with Crippen LogP contribution in [0.1, 0.15) is 29.3 Å². The molecule has 0 saturated heterocycles. The Bertz CT molecular complexity index is 1300. The summed E-state index contributed by atoms with van der Waals surface area (Å²) in [5.74, 6) is -0.933. The minimum atomic E-state index is -4.13. The molecule has 0 aliphatic carbocycles. The predicted octanol–water partition coefficient (Wildman–Crippen LogP) is 0.601. The molecule has 3 rings (SSSR count). The first-order chi connectivity index (χ1) is 14.2. The van der Waals surface area contributed by atoms with Gasteiger partial charge in [0.15, 0.2) is 0 Å². The molecule has 0 fully saturated rings. The summed E-state index contributed by atoms with van der Waals surface area (Å²) in [6.07, 6.45) is 1.77. The van der Waals surface area contributed by atoms with E-state index in [1.54, 1.807) is 24.3 Å². The van der Waals surface area contributed by atoms with Gasteiger partial charge in [-0.1, -0.05) is 37.3 Å². The zero-order valence-electron chi connectivity index (χ0n) is 16.5. The van der Waals surface area contributed by atoms with Gasteiger partial charge in [-0.3, -0.25) is 19.1 Å². The lowest BCUT2D eigenvalue weighted by Gasteiger charge is -2.17. The zero-order chi connectivity index (χ0) is 21.9. The molecule has 0 spiro atoms. The van der Waals surface area contributed by atoms with Crippen LogP contribution in [0.25, 0.3) is 11.0 Å². The molecular formula is C19H21N5O5S. The number of carbonyl (C=O) groups excluding carboxylic acids is 1. The molecule has 3 aromatic rings. The topological polar surface area (TPSA) is 134 Å². The number of rotatable bonds is 7. The van der Waals surface area contributed by atoms with Crippen LogP contribution in [-0.2, 0) is 23.3 Å². The number of amides is 1. The van der Waals surface area contributed by atoms with E-state index < -0.39 is 27.4 Å². The molecule has 0 radical (unpaired) electrons. The molecule has 0 saturated carbocycles. The minimum absolute atomic E-state index is 0.0192. The number of fused-ring (bicyclic) bond motifs is 1. The minimum Gasteiger partial charge on any atom is -0.278 e. The van der Waals surface area contributed by atoms with Crippen LogP contribution in [-0.4, -0.2) is 40.2 Å². The highest BCUT2D eigenvalue weighted by Crippen LogP contribution is 2.10. The number of pyridine rings is 1. The van der Waals surface area contributed by atoms with Gasteiger partial charge in [-0.25, -0.2) is 14.5 Å². The Balaban J connectivity index is 1.87. The summed E-state index contributed by atoms with van der Waals surface area (Å²) in [5.41, 5.74) is -0.527. The molecule has 30 heavy (non-hydrogen) atoms. The van der Waals surface area contributed by atoms with Gasteiger partial charge < -0.3 is 0 Å². The SMILES string of the molecule is CCCn1c(=O)[nH]c(=O)c2cc(C(=O)NS(=O)(=O)N(C)Cc3ccccc3)cnc21. The molecule has 2 heterocycles. The van der Waals surface area contributed by atoms with Gasteiger partial charge in [0.1, 0.15) is 5.65 Å². The van der Waals surface area contributed by atoms with Crippen molar-refractivity contribution in [3.05, 3.63) is 74.6 Å². The van der Waals surface area contributed by atoms with Crippen LogP contribution in [0, 0.1) is 0 Å². The van der Waals surface area contributed by atoms with Crippen LogP contribution in [0.2, 0.25) is 0 Å². The van der Waals surface area contributed by atoms with Crippen molar-refractivity contribution < 1.29 is 13.2 Å². The molecule has 1 amide bonds.